The van der Waals surface area contributed by atoms with Crippen molar-refractivity contribution in [1.29, 1.82) is 0 Å². The minimum atomic E-state index is -0.318. The zero-order chi connectivity index (χ0) is 25.8. The standard InChI is InChI=1S/C26H26Cl2N8O.ClH/c27-19-8-4-17(5-9-19)23-24(18-6-10-20(28)11-7-18)31-25(26(37)33-35-12-2-1-3-13-35)22(30-23)16-36-15-21(14-29)32-34-36;/h4-11,15H,1-3,12-14,16,29H2,(H,33,37);1H. The molecule has 1 aliphatic rings. The van der Waals surface area contributed by atoms with Gasteiger partial charge in [-0.25, -0.2) is 19.7 Å². The molecule has 3 N–H and O–H groups in total. The van der Waals surface area contributed by atoms with Crippen LogP contribution in [0.1, 0.15) is 41.1 Å². The average Bonchev–Trinajstić information content (AvgIpc) is 3.37. The Morgan fingerprint density at radius 1 is 0.895 bits per heavy atom. The largest absolute Gasteiger partial charge is 0.325 e. The van der Waals surface area contributed by atoms with Gasteiger partial charge in [-0.2, -0.15) is 0 Å². The van der Waals surface area contributed by atoms with Gasteiger partial charge in [0, 0.05) is 40.8 Å². The Balaban J connectivity index is 0.00000336. The first kappa shape index (κ1) is 27.9. The summed E-state index contributed by atoms with van der Waals surface area (Å²) in [6.45, 7) is 2.05. The highest BCUT2D eigenvalue weighted by atomic mass is 35.5. The third-order valence-corrected chi connectivity index (χ3v) is 6.65. The van der Waals surface area contributed by atoms with Gasteiger partial charge in [-0.3, -0.25) is 10.2 Å². The predicted octanol–water partition coefficient (Wildman–Crippen LogP) is 4.77. The number of carbonyl (C=O) groups excluding carboxylic acids is 1. The van der Waals surface area contributed by atoms with Crippen molar-refractivity contribution in [1.82, 2.24) is 35.4 Å². The fourth-order valence-electron chi connectivity index (χ4n) is 4.25. The molecular formula is C26H27Cl3N8O. The first-order valence-corrected chi connectivity index (χ1v) is 12.8. The number of nitrogens with zero attached hydrogens (tertiary/aromatic N) is 6. The summed E-state index contributed by atoms with van der Waals surface area (Å²) in [5.41, 5.74) is 12.8. The Morgan fingerprint density at radius 2 is 1.47 bits per heavy atom. The highest BCUT2D eigenvalue weighted by Crippen LogP contribution is 2.32. The van der Waals surface area contributed by atoms with E-state index in [0.29, 0.717) is 32.8 Å². The summed E-state index contributed by atoms with van der Waals surface area (Å²) in [5.74, 6) is -0.318. The lowest BCUT2D eigenvalue weighted by molar-refractivity contribution is 0.0743. The summed E-state index contributed by atoms with van der Waals surface area (Å²) in [4.78, 5) is 23.4. The average molecular weight is 574 g/mol. The van der Waals surface area contributed by atoms with Gasteiger partial charge >= 0.3 is 0 Å². The smallest absolute Gasteiger partial charge is 0.286 e. The molecule has 1 aliphatic heterocycles. The summed E-state index contributed by atoms with van der Waals surface area (Å²) in [6, 6.07) is 14.7. The molecular weight excluding hydrogens is 547 g/mol. The number of hydrazine groups is 1. The molecule has 38 heavy (non-hydrogen) atoms. The molecule has 0 radical (unpaired) electrons. The van der Waals surface area contributed by atoms with E-state index in [-0.39, 0.29) is 37.1 Å². The van der Waals surface area contributed by atoms with Gasteiger partial charge in [0.25, 0.3) is 5.91 Å². The van der Waals surface area contributed by atoms with Crippen molar-refractivity contribution in [3.63, 3.8) is 0 Å². The van der Waals surface area contributed by atoms with E-state index in [1.807, 2.05) is 29.3 Å². The Kier molecular flexibility index (Phi) is 9.30. The first-order valence-electron chi connectivity index (χ1n) is 12.1. The molecule has 9 nitrogen and oxygen atoms in total. The third kappa shape index (κ3) is 6.48. The molecule has 12 heteroatoms. The minimum absolute atomic E-state index is 0. The van der Waals surface area contributed by atoms with Crippen molar-refractivity contribution < 1.29 is 4.79 Å². The van der Waals surface area contributed by atoms with Crippen LogP contribution in [0.25, 0.3) is 22.5 Å². The van der Waals surface area contributed by atoms with Crippen molar-refractivity contribution in [2.75, 3.05) is 13.1 Å². The van der Waals surface area contributed by atoms with Crippen LogP contribution in [0.2, 0.25) is 10.0 Å². The maximum Gasteiger partial charge on any atom is 0.286 e. The molecule has 0 atom stereocenters. The van der Waals surface area contributed by atoms with E-state index in [9.17, 15) is 4.79 Å². The topological polar surface area (TPSA) is 115 Å². The number of amides is 1. The van der Waals surface area contributed by atoms with Crippen molar-refractivity contribution in [3.05, 3.63) is 81.9 Å². The Hall–Kier alpha value is -3.08. The Morgan fingerprint density at radius 3 is 2.03 bits per heavy atom. The summed E-state index contributed by atoms with van der Waals surface area (Å²) in [5, 5.41) is 11.4. The number of aromatic nitrogens is 5. The van der Waals surface area contributed by atoms with Crippen molar-refractivity contribution in [2.24, 2.45) is 5.73 Å². The summed E-state index contributed by atoms with van der Waals surface area (Å²) in [7, 11) is 0. The lowest BCUT2D eigenvalue weighted by Gasteiger charge is -2.27. The third-order valence-electron chi connectivity index (χ3n) is 6.14. The van der Waals surface area contributed by atoms with Crippen LogP contribution in [0.5, 0.6) is 0 Å². The molecule has 2 aromatic heterocycles. The van der Waals surface area contributed by atoms with Crippen LogP contribution in [-0.2, 0) is 13.1 Å². The number of nitrogens with one attached hydrogen (secondary N) is 1. The van der Waals surface area contributed by atoms with Gasteiger partial charge < -0.3 is 5.73 Å². The molecule has 0 aliphatic carbocycles. The second-order valence-electron chi connectivity index (χ2n) is 8.83. The normalized spacial score (nSPS) is 13.7. The predicted molar refractivity (Wildman–Crippen MR) is 150 cm³/mol. The van der Waals surface area contributed by atoms with Crippen LogP contribution in [0, 0.1) is 0 Å². The molecule has 0 bridgehead atoms. The van der Waals surface area contributed by atoms with E-state index in [0.717, 1.165) is 43.5 Å². The molecule has 3 heterocycles. The molecule has 1 fully saturated rings. The number of halogens is 3. The van der Waals surface area contributed by atoms with Gasteiger partial charge in [-0.1, -0.05) is 59.1 Å². The first-order chi connectivity index (χ1) is 18.0. The number of hydrogen-bond donors (Lipinski definition) is 2. The summed E-state index contributed by atoms with van der Waals surface area (Å²) < 4.78 is 1.61. The highest BCUT2D eigenvalue weighted by molar-refractivity contribution is 6.31. The molecule has 1 saturated heterocycles. The zero-order valence-corrected chi connectivity index (χ0v) is 22.8. The van der Waals surface area contributed by atoms with E-state index in [1.165, 1.54) is 0 Å². The van der Waals surface area contributed by atoms with Gasteiger partial charge in [0.15, 0.2) is 5.69 Å². The SMILES string of the molecule is Cl.NCc1cn(Cc2nc(-c3ccc(Cl)cc3)c(-c3ccc(Cl)cc3)nc2C(=O)NN2CCCCC2)nn1. The van der Waals surface area contributed by atoms with E-state index in [4.69, 9.17) is 38.9 Å². The Bertz CT molecular complexity index is 1390. The van der Waals surface area contributed by atoms with Gasteiger partial charge in [0.2, 0.25) is 0 Å². The maximum absolute atomic E-state index is 13.6. The lowest BCUT2D eigenvalue weighted by Crippen LogP contribution is -2.45. The van der Waals surface area contributed by atoms with Crippen LogP contribution < -0.4 is 11.2 Å². The number of carbonyl (C=O) groups is 1. The molecule has 0 spiro atoms. The molecule has 0 unspecified atom stereocenters. The van der Waals surface area contributed by atoms with Gasteiger partial charge in [-0.15, -0.1) is 17.5 Å². The molecule has 1 amide bonds. The van der Waals surface area contributed by atoms with Gasteiger partial charge in [0.05, 0.1) is 35.5 Å². The van der Waals surface area contributed by atoms with E-state index in [2.05, 4.69) is 15.7 Å². The Labute approximate surface area is 236 Å². The van der Waals surface area contributed by atoms with Crippen LogP contribution in [0.4, 0.5) is 0 Å². The van der Waals surface area contributed by atoms with Crippen molar-refractivity contribution in [3.8, 4) is 22.5 Å². The molecule has 198 valence electrons. The minimum Gasteiger partial charge on any atom is -0.325 e. The number of benzene rings is 2. The van der Waals surface area contributed by atoms with Crippen LogP contribution in [-0.4, -0.2) is 49.0 Å². The van der Waals surface area contributed by atoms with Crippen LogP contribution in [0.3, 0.4) is 0 Å². The molecule has 5 rings (SSSR count). The van der Waals surface area contributed by atoms with Crippen LogP contribution >= 0.6 is 35.6 Å². The summed E-state index contributed by atoms with van der Waals surface area (Å²) in [6.07, 6.45) is 4.96. The second-order valence-corrected chi connectivity index (χ2v) is 9.70. The number of hydrogen-bond acceptors (Lipinski definition) is 7. The highest BCUT2D eigenvalue weighted by Gasteiger charge is 2.24. The fraction of sp³-hybridized carbons (Fsp3) is 0.269. The van der Waals surface area contributed by atoms with E-state index >= 15 is 0 Å². The molecule has 0 saturated carbocycles. The summed E-state index contributed by atoms with van der Waals surface area (Å²) >= 11 is 12.3. The van der Waals surface area contributed by atoms with Gasteiger partial charge in [-0.05, 0) is 37.1 Å². The molecule has 4 aromatic rings. The van der Waals surface area contributed by atoms with E-state index in [1.54, 1.807) is 35.1 Å². The van der Waals surface area contributed by atoms with Crippen molar-refractivity contribution in [2.45, 2.75) is 32.4 Å². The lowest BCUT2D eigenvalue weighted by atomic mass is 10.0. The van der Waals surface area contributed by atoms with Crippen molar-refractivity contribution >= 4 is 41.5 Å². The fourth-order valence-corrected chi connectivity index (χ4v) is 4.50. The van der Waals surface area contributed by atoms with E-state index < -0.39 is 0 Å². The number of rotatable bonds is 7. The second kappa shape index (κ2) is 12.6. The quantitative estimate of drug-likeness (QED) is 0.327. The number of piperidine rings is 1. The zero-order valence-electron chi connectivity index (χ0n) is 20.5. The maximum atomic E-state index is 13.6. The number of nitrogens with two attached hydrogens (primary N) is 1. The monoisotopic (exact) mass is 572 g/mol. The molecule has 2 aromatic carbocycles. The van der Waals surface area contributed by atoms with Crippen LogP contribution in [0.15, 0.2) is 54.7 Å². The van der Waals surface area contributed by atoms with Gasteiger partial charge in [0.1, 0.15) is 0 Å².